The summed E-state index contributed by atoms with van der Waals surface area (Å²) in [6.45, 7) is 3.43. The lowest BCUT2D eigenvalue weighted by molar-refractivity contribution is -0.506. The van der Waals surface area contributed by atoms with Crippen molar-refractivity contribution in [2.24, 2.45) is 0 Å². The summed E-state index contributed by atoms with van der Waals surface area (Å²) in [6.07, 6.45) is -4.00. The zero-order chi connectivity index (χ0) is 40.6. The van der Waals surface area contributed by atoms with Gasteiger partial charge in [0.15, 0.2) is 0 Å². The van der Waals surface area contributed by atoms with E-state index in [1.165, 1.54) is 12.1 Å². The number of rotatable bonds is 23. The first-order chi connectivity index (χ1) is 26.8. The van der Waals surface area contributed by atoms with Crippen LogP contribution in [-0.4, -0.2) is 103 Å². The highest BCUT2D eigenvalue weighted by atomic mass is 19.1. The standard InChI is InChI=1S/C39H49FN4O12/c1-26(2)37-36(39(48)41-30-11-7-4-8-12-30)35(27-9-5-3-6-10-27)38(28-13-15-29(40)16-14-28)42(37)19-17-31(45)23-32(46)24-34(47)54-25-33(56-44(51)52)18-20-53-21-22-55-43(49)50/h3-16,26,31-33,45-46,49-52H,17-25H2,1-2H3,(H,41,48). The summed E-state index contributed by atoms with van der Waals surface area (Å²) in [5.41, 5.74) is 4.42. The third-order valence-electron chi connectivity index (χ3n) is 8.61. The number of aliphatic hydroxyl groups is 2. The van der Waals surface area contributed by atoms with Gasteiger partial charge < -0.3 is 29.6 Å². The molecule has 0 saturated heterocycles. The molecule has 0 aliphatic heterocycles. The Labute approximate surface area is 323 Å². The Morgan fingerprint density at radius 1 is 0.804 bits per heavy atom. The number of nitrogens with one attached hydrogen (secondary N) is 1. The van der Waals surface area contributed by atoms with Crippen molar-refractivity contribution in [2.75, 3.05) is 31.7 Å². The molecule has 0 aliphatic carbocycles. The molecule has 16 nitrogen and oxygen atoms in total. The van der Waals surface area contributed by atoms with E-state index >= 15 is 0 Å². The van der Waals surface area contributed by atoms with Crippen molar-refractivity contribution in [3.63, 3.8) is 0 Å². The van der Waals surface area contributed by atoms with E-state index in [-0.39, 0.29) is 57.5 Å². The van der Waals surface area contributed by atoms with Crippen LogP contribution in [0.2, 0.25) is 0 Å². The molecule has 1 aromatic heterocycles. The summed E-state index contributed by atoms with van der Waals surface area (Å²) in [6, 6.07) is 24.4. The molecule has 0 radical (unpaired) electrons. The summed E-state index contributed by atoms with van der Waals surface area (Å²) >= 11 is 0. The van der Waals surface area contributed by atoms with E-state index in [0.717, 1.165) is 5.56 Å². The Hall–Kier alpha value is -4.63. The van der Waals surface area contributed by atoms with Crippen LogP contribution in [0.15, 0.2) is 84.9 Å². The predicted octanol–water partition coefficient (Wildman–Crippen LogP) is 5.57. The molecule has 3 atom stereocenters. The molecule has 17 heteroatoms. The molecule has 56 heavy (non-hydrogen) atoms. The summed E-state index contributed by atoms with van der Waals surface area (Å²) < 4.78 is 26.5. The number of ether oxygens (including phenoxy) is 2. The van der Waals surface area contributed by atoms with Crippen LogP contribution < -0.4 is 5.32 Å². The molecule has 4 rings (SSSR count). The van der Waals surface area contributed by atoms with Crippen molar-refractivity contribution >= 4 is 17.6 Å². The third-order valence-corrected chi connectivity index (χ3v) is 8.61. The van der Waals surface area contributed by atoms with Gasteiger partial charge in [0.2, 0.25) is 0 Å². The quantitative estimate of drug-likeness (QED) is 0.0278. The van der Waals surface area contributed by atoms with Crippen LogP contribution in [0.3, 0.4) is 0 Å². The van der Waals surface area contributed by atoms with Gasteiger partial charge in [-0.3, -0.25) is 30.4 Å². The lowest BCUT2D eigenvalue weighted by Gasteiger charge is -2.21. The van der Waals surface area contributed by atoms with E-state index in [1.54, 1.807) is 24.3 Å². The number of esters is 1. The molecule has 0 fully saturated rings. The van der Waals surface area contributed by atoms with Gasteiger partial charge in [0.1, 0.15) is 18.5 Å². The molecular weight excluding hydrogens is 735 g/mol. The first kappa shape index (κ1) is 44.1. The van der Waals surface area contributed by atoms with Crippen LogP contribution in [0.5, 0.6) is 0 Å². The van der Waals surface area contributed by atoms with Crippen molar-refractivity contribution in [2.45, 2.75) is 70.3 Å². The highest BCUT2D eigenvalue weighted by Gasteiger charge is 2.31. The number of carbonyl (C=O) groups excluding carboxylic acids is 2. The predicted molar refractivity (Wildman–Crippen MR) is 198 cm³/mol. The molecule has 1 heterocycles. The van der Waals surface area contributed by atoms with Crippen molar-refractivity contribution < 1.29 is 64.2 Å². The maximum atomic E-state index is 14.3. The zero-order valence-corrected chi connectivity index (χ0v) is 31.1. The number of hydrogen-bond acceptors (Lipinski definition) is 14. The second kappa shape index (κ2) is 22.2. The minimum absolute atomic E-state index is 0.0140. The molecule has 4 aromatic rings. The van der Waals surface area contributed by atoms with Crippen LogP contribution in [-0.2, 0) is 30.5 Å². The van der Waals surface area contributed by atoms with E-state index in [9.17, 15) is 24.2 Å². The molecule has 7 N–H and O–H groups in total. The summed E-state index contributed by atoms with van der Waals surface area (Å²) in [5, 5.41) is 59.0. The lowest BCUT2D eigenvalue weighted by Crippen LogP contribution is -2.31. The average Bonchev–Trinajstić information content (AvgIpc) is 3.50. The lowest BCUT2D eigenvalue weighted by atomic mass is 9.94. The number of amides is 1. The van der Waals surface area contributed by atoms with Gasteiger partial charge in [-0.2, -0.15) is 0 Å². The van der Waals surface area contributed by atoms with Gasteiger partial charge in [-0.05, 0) is 66.3 Å². The van der Waals surface area contributed by atoms with Gasteiger partial charge in [0.05, 0.1) is 53.9 Å². The number of anilines is 1. The van der Waals surface area contributed by atoms with Gasteiger partial charge in [-0.15, -0.1) is 0 Å². The molecule has 0 saturated carbocycles. The second-order valence-corrected chi connectivity index (χ2v) is 13.2. The number of carbonyl (C=O) groups is 2. The summed E-state index contributed by atoms with van der Waals surface area (Å²) in [4.78, 5) is 35.9. The van der Waals surface area contributed by atoms with Crippen LogP contribution in [0.1, 0.15) is 61.5 Å². The molecule has 0 aliphatic rings. The van der Waals surface area contributed by atoms with E-state index < -0.39 is 53.9 Å². The van der Waals surface area contributed by atoms with Gasteiger partial charge >= 0.3 is 5.97 Å². The maximum absolute atomic E-state index is 14.3. The average molecular weight is 785 g/mol. The maximum Gasteiger partial charge on any atom is 0.308 e. The van der Waals surface area contributed by atoms with Gasteiger partial charge in [0, 0.05) is 36.5 Å². The first-order valence-electron chi connectivity index (χ1n) is 18.0. The van der Waals surface area contributed by atoms with Crippen molar-refractivity contribution in [3.05, 3.63) is 102 Å². The number of aliphatic hydroxyl groups excluding tert-OH is 2. The Morgan fingerprint density at radius 2 is 1.46 bits per heavy atom. The monoisotopic (exact) mass is 784 g/mol. The molecule has 0 bridgehead atoms. The zero-order valence-electron chi connectivity index (χ0n) is 31.1. The molecule has 304 valence electrons. The fourth-order valence-corrected chi connectivity index (χ4v) is 6.23. The topological polar surface area (TPSA) is 216 Å². The van der Waals surface area contributed by atoms with Crippen molar-refractivity contribution in [1.82, 2.24) is 15.3 Å². The van der Waals surface area contributed by atoms with Crippen LogP contribution in [0, 0.1) is 5.82 Å². The number of halogens is 1. The summed E-state index contributed by atoms with van der Waals surface area (Å²) in [5.74, 6) is -1.79. The number of para-hydroxylation sites is 1. The number of hydrogen-bond donors (Lipinski definition) is 7. The summed E-state index contributed by atoms with van der Waals surface area (Å²) in [7, 11) is 0. The molecule has 3 unspecified atom stereocenters. The van der Waals surface area contributed by atoms with Gasteiger partial charge in [0.25, 0.3) is 5.91 Å². The smallest absolute Gasteiger partial charge is 0.308 e. The van der Waals surface area contributed by atoms with Crippen molar-refractivity contribution in [3.8, 4) is 22.4 Å². The minimum Gasteiger partial charge on any atom is -0.463 e. The third kappa shape index (κ3) is 13.5. The molecule has 0 spiro atoms. The van der Waals surface area contributed by atoms with E-state index in [4.69, 9.17) is 35.1 Å². The molecular formula is C39H49FN4O12. The highest BCUT2D eigenvalue weighted by Crippen LogP contribution is 2.42. The van der Waals surface area contributed by atoms with Gasteiger partial charge in [-0.1, -0.05) is 62.4 Å². The van der Waals surface area contributed by atoms with E-state index in [1.807, 2.05) is 66.9 Å². The number of benzene rings is 3. The van der Waals surface area contributed by atoms with Crippen molar-refractivity contribution in [1.29, 1.82) is 0 Å². The molecule has 3 aromatic carbocycles. The fourth-order valence-electron chi connectivity index (χ4n) is 6.23. The normalized spacial score (nSPS) is 13.3. The Morgan fingerprint density at radius 3 is 2.09 bits per heavy atom. The highest BCUT2D eigenvalue weighted by molar-refractivity contribution is 6.12. The van der Waals surface area contributed by atoms with Crippen LogP contribution in [0.25, 0.3) is 22.4 Å². The number of aromatic nitrogens is 1. The molecule has 1 amide bonds. The fraction of sp³-hybridized carbons (Fsp3) is 0.385. The van der Waals surface area contributed by atoms with Crippen LogP contribution >= 0.6 is 0 Å². The largest absolute Gasteiger partial charge is 0.463 e. The minimum atomic E-state index is -1.30. The second-order valence-electron chi connectivity index (χ2n) is 13.2. The van der Waals surface area contributed by atoms with Gasteiger partial charge in [-0.25, -0.2) is 14.1 Å². The SMILES string of the molecule is CC(C)c1c(C(=O)Nc2ccccc2)c(-c2ccccc2)c(-c2ccc(F)cc2)n1CCC(O)CC(O)CC(=O)OCC(CCOCCON(O)O)ON(O)O. The number of nitrogens with zero attached hydrogens (tertiary/aromatic N) is 3. The van der Waals surface area contributed by atoms with E-state index in [0.29, 0.717) is 33.8 Å². The Balaban J connectivity index is 1.50. The Kier molecular flexibility index (Phi) is 17.5. The Bertz CT molecular complexity index is 1790. The van der Waals surface area contributed by atoms with E-state index in [2.05, 4.69) is 10.2 Å². The first-order valence-corrected chi connectivity index (χ1v) is 18.0. The van der Waals surface area contributed by atoms with Crippen LogP contribution in [0.4, 0.5) is 10.1 Å².